The summed E-state index contributed by atoms with van der Waals surface area (Å²) in [4.78, 5) is 5.84. The van der Waals surface area contributed by atoms with Crippen LogP contribution in [0.5, 0.6) is 0 Å². The Morgan fingerprint density at radius 2 is 2.10 bits per heavy atom. The normalized spacial score (nSPS) is 12.5. The number of aryl methyl sites for hydroxylation is 2. The topological polar surface area (TPSA) is 44.5 Å². The Morgan fingerprint density at radius 1 is 1.33 bits per heavy atom. The lowest BCUT2D eigenvalue weighted by molar-refractivity contribution is 0.648. The van der Waals surface area contributed by atoms with E-state index in [9.17, 15) is 0 Å². The molecule has 1 unspecified atom stereocenters. The van der Waals surface area contributed by atoms with Crippen molar-refractivity contribution in [2.24, 2.45) is 0 Å². The largest absolute Gasteiger partial charge is 0.331 e. The van der Waals surface area contributed by atoms with Crippen molar-refractivity contribution in [3.63, 3.8) is 0 Å². The minimum Gasteiger partial charge on any atom is -0.331 e. The van der Waals surface area contributed by atoms with Gasteiger partial charge in [-0.3, -0.25) is 0 Å². The van der Waals surface area contributed by atoms with Gasteiger partial charge in [-0.15, -0.1) is 11.3 Å². The molecule has 3 nitrogen and oxygen atoms in total. The molecule has 0 saturated heterocycles. The zero-order chi connectivity index (χ0) is 15.1. The highest BCUT2D eigenvalue weighted by Crippen LogP contribution is 2.31. The molecule has 0 aliphatic rings. The van der Waals surface area contributed by atoms with Gasteiger partial charge < -0.3 is 9.55 Å². The SMILES string of the molecule is Cc1cc(C(C)n2c(=S)[nH]c3ccc(C#N)cc32)c(C)s1. The Morgan fingerprint density at radius 3 is 2.71 bits per heavy atom. The summed E-state index contributed by atoms with van der Waals surface area (Å²) in [6.45, 7) is 6.41. The molecule has 0 saturated carbocycles. The Hall–Kier alpha value is -1.90. The van der Waals surface area contributed by atoms with Crippen LogP contribution >= 0.6 is 23.6 Å². The van der Waals surface area contributed by atoms with E-state index >= 15 is 0 Å². The number of imidazole rings is 1. The lowest BCUT2D eigenvalue weighted by Crippen LogP contribution is -2.07. The molecule has 0 fully saturated rings. The number of hydrogen-bond acceptors (Lipinski definition) is 3. The van der Waals surface area contributed by atoms with E-state index in [2.05, 4.69) is 42.5 Å². The predicted molar refractivity (Wildman–Crippen MR) is 89.4 cm³/mol. The van der Waals surface area contributed by atoms with Gasteiger partial charge >= 0.3 is 0 Å². The Labute approximate surface area is 132 Å². The van der Waals surface area contributed by atoms with Gasteiger partial charge in [0.2, 0.25) is 0 Å². The van der Waals surface area contributed by atoms with Gasteiger partial charge in [0.05, 0.1) is 28.7 Å². The maximum atomic E-state index is 9.10. The number of rotatable bonds is 2. The zero-order valence-electron chi connectivity index (χ0n) is 12.1. The van der Waals surface area contributed by atoms with Crippen LogP contribution in [-0.4, -0.2) is 9.55 Å². The highest BCUT2D eigenvalue weighted by atomic mass is 32.1. The third-order valence-electron chi connectivity index (χ3n) is 3.76. The smallest absolute Gasteiger partial charge is 0.178 e. The molecule has 0 bridgehead atoms. The number of thiophene rings is 1. The van der Waals surface area contributed by atoms with Crippen molar-refractivity contribution in [1.29, 1.82) is 5.26 Å². The van der Waals surface area contributed by atoms with Crippen molar-refractivity contribution in [2.75, 3.05) is 0 Å². The quantitative estimate of drug-likeness (QED) is 0.687. The van der Waals surface area contributed by atoms with Crippen LogP contribution in [0.4, 0.5) is 0 Å². The number of nitrogens with zero attached hydrogens (tertiary/aromatic N) is 2. The number of hydrogen-bond donors (Lipinski definition) is 1. The Kier molecular flexibility index (Phi) is 3.44. The van der Waals surface area contributed by atoms with E-state index in [1.54, 1.807) is 11.3 Å². The van der Waals surface area contributed by atoms with Crippen molar-refractivity contribution in [1.82, 2.24) is 9.55 Å². The first-order chi connectivity index (χ1) is 10.0. The maximum absolute atomic E-state index is 9.10. The minimum atomic E-state index is 0.144. The summed E-state index contributed by atoms with van der Waals surface area (Å²) < 4.78 is 2.79. The summed E-state index contributed by atoms with van der Waals surface area (Å²) in [5.41, 5.74) is 3.89. The van der Waals surface area contributed by atoms with Gasteiger partial charge in [0.1, 0.15) is 0 Å². The van der Waals surface area contributed by atoms with Crippen LogP contribution in [0, 0.1) is 29.9 Å². The van der Waals surface area contributed by atoms with Crippen molar-refractivity contribution in [3.8, 4) is 6.07 Å². The lowest BCUT2D eigenvalue weighted by Gasteiger charge is -2.15. The van der Waals surface area contributed by atoms with Crippen LogP contribution in [0.25, 0.3) is 11.0 Å². The standard InChI is InChI=1S/C16H15N3S2/c1-9-6-13(11(3)21-9)10(2)19-15-7-12(8-17)4-5-14(15)18-16(19)20/h4-7,10H,1-3H3,(H,18,20). The first-order valence-electron chi connectivity index (χ1n) is 6.72. The molecule has 1 aromatic carbocycles. The van der Waals surface area contributed by atoms with Gasteiger partial charge in [0, 0.05) is 9.75 Å². The van der Waals surface area contributed by atoms with Gasteiger partial charge in [0.15, 0.2) is 4.77 Å². The van der Waals surface area contributed by atoms with E-state index in [1.165, 1.54) is 15.3 Å². The summed E-state index contributed by atoms with van der Waals surface area (Å²) >= 11 is 7.29. The maximum Gasteiger partial charge on any atom is 0.178 e. The minimum absolute atomic E-state index is 0.144. The van der Waals surface area contributed by atoms with E-state index in [4.69, 9.17) is 17.5 Å². The summed E-state index contributed by atoms with van der Waals surface area (Å²) in [6, 6.07) is 10.2. The van der Waals surface area contributed by atoms with Gasteiger partial charge in [-0.25, -0.2) is 0 Å². The summed E-state index contributed by atoms with van der Waals surface area (Å²) in [7, 11) is 0. The molecular weight excluding hydrogens is 298 g/mol. The number of aromatic nitrogens is 2. The second-order valence-electron chi connectivity index (χ2n) is 5.19. The van der Waals surface area contributed by atoms with Gasteiger partial charge in [-0.05, 0) is 62.8 Å². The fraction of sp³-hybridized carbons (Fsp3) is 0.250. The average molecular weight is 313 g/mol. The van der Waals surface area contributed by atoms with Gasteiger partial charge in [0.25, 0.3) is 0 Å². The second-order valence-corrected chi connectivity index (χ2v) is 7.04. The van der Waals surface area contributed by atoms with E-state index in [1.807, 2.05) is 18.2 Å². The number of nitriles is 1. The molecule has 5 heteroatoms. The summed E-state index contributed by atoms with van der Waals surface area (Å²) in [5.74, 6) is 0. The molecule has 3 aromatic rings. The number of benzene rings is 1. The van der Waals surface area contributed by atoms with E-state index < -0.39 is 0 Å². The van der Waals surface area contributed by atoms with E-state index in [0.717, 1.165) is 11.0 Å². The zero-order valence-corrected chi connectivity index (χ0v) is 13.7. The van der Waals surface area contributed by atoms with Crippen molar-refractivity contribution < 1.29 is 0 Å². The number of nitrogens with one attached hydrogen (secondary N) is 1. The molecular formula is C16H15N3S2. The van der Waals surface area contributed by atoms with E-state index in [0.29, 0.717) is 10.3 Å². The molecule has 2 heterocycles. The van der Waals surface area contributed by atoms with Crippen LogP contribution in [0.15, 0.2) is 24.3 Å². The van der Waals surface area contributed by atoms with E-state index in [-0.39, 0.29) is 6.04 Å². The first-order valence-corrected chi connectivity index (χ1v) is 7.95. The molecule has 0 aliphatic heterocycles. The molecule has 1 N–H and O–H groups in total. The molecule has 106 valence electrons. The molecule has 3 rings (SSSR count). The molecule has 0 aliphatic carbocycles. The first kappa shape index (κ1) is 14.1. The highest BCUT2D eigenvalue weighted by molar-refractivity contribution is 7.71. The molecule has 0 spiro atoms. The van der Waals surface area contributed by atoms with Crippen LogP contribution in [0.2, 0.25) is 0 Å². The monoisotopic (exact) mass is 313 g/mol. The summed E-state index contributed by atoms with van der Waals surface area (Å²) in [5, 5.41) is 9.10. The Balaban J connectivity index is 2.24. The van der Waals surface area contributed by atoms with Crippen molar-refractivity contribution in [3.05, 3.63) is 49.9 Å². The Bertz CT molecular complexity index is 921. The number of fused-ring (bicyclic) bond motifs is 1. The second kappa shape index (κ2) is 5.14. The lowest BCUT2D eigenvalue weighted by atomic mass is 10.1. The molecule has 21 heavy (non-hydrogen) atoms. The fourth-order valence-corrected chi connectivity index (χ4v) is 4.16. The predicted octanol–water partition coefficient (Wildman–Crippen LogP) is 4.86. The summed E-state index contributed by atoms with van der Waals surface area (Å²) in [6.07, 6.45) is 0. The highest BCUT2D eigenvalue weighted by Gasteiger charge is 2.17. The molecule has 0 radical (unpaired) electrons. The van der Waals surface area contributed by atoms with Crippen LogP contribution in [0.1, 0.15) is 33.8 Å². The van der Waals surface area contributed by atoms with Crippen LogP contribution in [-0.2, 0) is 0 Å². The number of H-pyrrole nitrogens is 1. The van der Waals surface area contributed by atoms with Crippen molar-refractivity contribution in [2.45, 2.75) is 26.8 Å². The van der Waals surface area contributed by atoms with Crippen LogP contribution in [0.3, 0.4) is 0 Å². The average Bonchev–Trinajstić information content (AvgIpc) is 2.95. The third-order valence-corrected chi connectivity index (χ3v) is 5.04. The fourth-order valence-electron chi connectivity index (χ4n) is 2.78. The van der Waals surface area contributed by atoms with Crippen molar-refractivity contribution >= 4 is 34.6 Å². The third kappa shape index (κ3) is 2.31. The number of aromatic amines is 1. The van der Waals surface area contributed by atoms with Gasteiger partial charge in [-0.1, -0.05) is 0 Å². The molecule has 2 aromatic heterocycles. The molecule has 1 atom stereocenters. The van der Waals surface area contributed by atoms with Crippen LogP contribution < -0.4 is 0 Å². The van der Waals surface area contributed by atoms with Gasteiger partial charge in [-0.2, -0.15) is 5.26 Å². The molecule has 0 amide bonds.